The fraction of sp³-hybridized carbons (Fsp3) is 0.900. The summed E-state index contributed by atoms with van der Waals surface area (Å²) in [7, 11) is 0. The topological polar surface area (TPSA) is 20.3 Å². The van der Waals surface area contributed by atoms with Crippen LogP contribution >= 0.6 is 11.6 Å². The van der Waals surface area contributed by atoms with Crippen molar-refractivity contribution < 1.29 is 4.79 Å². The molecule has 0 radical (unpaired) electrons. The standard InChI is InChI=1S/C10H16ClNO/c1-10(2,6-11)9(13)12-4-7-3-8(7)5-12/h7-8H,3-6H2,1-2H3. The van der Waals surface area contributed by atoms with Gasteiger partial charge in [0.1, 0.15) is 0 Å². The van der Waals surface area contributed by atoms with Crippen LogP contribution in [0.2, 0.25) is 0 Å². The Labute approximate surface area is 84.2 Å². The number of amides is 1. The molecule has 0 aromatic heterocycles. The van der Waals surface area contributed by atoms with Crippen LogP contribution in [0, 0.1) is 17.3 Å². The molecule has 1 aliphatic carbocycles. The minimum absolute atomic E-state index is 0.231. The van der Waals surface area contributed by atoms with Crippen LogP contribution in [0.3, 0.4) is 0 Å². The van der Waals surface area contributed by atoms with E-state index in [1.807, 2.05) is 18.7 Å². The number of fused-ring (bicyclic) bond motifs is 1. The van der Waals surface area contributed by atoms with Gasteiger partial charge in [-0.25, -0.2) is 0 Å². The highest BCUT2D eigenvalue weighted by atomic mass is 35.5. The summed E-state index contributed by atoms with van der Waals surface area (Å²) in [5.41, 5.74) is -0.377. The molecule has 1 saturated carbocycles. The van der Waals surface area contributed by atoms with Gasteiger partial charge < -0.3 is 4.90 Å². The molecule has 2 rings (SSSR count). The fourth-order valence-corrected chi connectivity index (χ4v) is 2.16. The third-order valence-corrected chi connectivity index (χ3v) is 3.85. The number of hydrogen-bond acceptors (Lipinski definition) is 1. The second-order valence-corrected chi connectivity index (χ2v) is 5.25. The minimum atomic E-state index is -0.377. The van der Waals surface area contributed by atoms with Gasteiger partial charge in [-0.2, -0.15) is 0 Å². The lowest BCUT2D eigenvalue weighted by molar-refractivity contribution is -0.138. The Morgan fingerprint density at radius 2 is 2.00 bits per heavy atom. The summed E-state index contributed by atoms with van der Waals surface area (Å²) < 4.78 is 0. The van der Waals surface area contributed by atoms with E-state index in [1.165, 1.54) is 6.42 Å². The number of likely N-dealkylation sites (tertiary alicyclic amines) is 1. The molecule has 0 N–H and O–H groups in total. The zero-order valence-corrected chi connectivity index (χ0v) is 8.97. The zero-order chi connectivity index (χ0) is 9.64. The van der Waals surface area contributed by atoms with Crippen molar-refractivity contribution in [3.8, 4) is 0 Å². The van der Waals surface area contributed by atoms with E-state index in [1.54, 1.807) is 0 Å². The molecule has 1 aliphatic heterocycles. The van der Waals surface area contributed by atoms with Crippen LogP contribution in [0.5, 0.6) is 0 Å². The number of alkyl halides is 1. The number of halogens is 1. The summed E-state index contributed by atoms with van der Waals surface area (Å²) in [6.45, 7) is 5.80. The molecule has 2 aliphatic rings. The molecule has 1 amide bonds. The van der Waals surface area contributed by atoms with Crippen LogP contribution in [-0.2, 0) is 4.79 Å². The van der Waals surface area contributed by atoms with E-state index in [0.29, 0.717) is 5.88 Å². The van der Waals surface area contributed by atoms with Crippen LogP contribution in [0.4, 0.5) is 0 Å². The highest BCUT2D eigenvalue weighted by molar-refractivity contribution is 6.19. The maximum atomic E-state index is 11.9. The van der Waals surface area contributed by atoms with Gasteiger partial charge in [-0.15, -0.1) is 11.6 Å². The van der Waals surface area contributed by atoms with E-state index in [-0.39, 0.29) is 11.3 Å². The highest BCUT2D eigenvalue weighted by Gasteiger charge is 2.48. The lowest BCUT2D eigenvalue weighted by atomic mass is 9.94. The van der Waals surface area contributed by atoms with Gasteiger partial charge in [0.25, 0.3) is 0 Å². The number of carbonyl (C=O) groups excluding carboxylic acids is 1. The smallest absolute Gasteiger partial charge is 0.229 e. The van der Waals surface area contributed by atoms with Crippen LogP contribution in [0.1, 0.15) is 20.3 Å². The van der Waals surface area contributed by atoms with E-state index in [9.17, 15) is 4.79 Å². The summed E-state index contributed by atoms with van der Waals surface area (Å²) in [6, 6.07) is 0. The van der Waals surface area contributed by atoms with Gasteiger partial charge in [0, 0.05) is 19.0 Å². The number of carbonyl (C=O) groups is 1. The first-order valence-corrected chi connectivity index (χ1v) is 5.43. The van der Waals surface area contributed by atoms with E-state index < -0.39 is 0 Å². The van der Waals surface area contributed by atoms with Crippen molar-refractivity contribution in [2.75, 3.05) is 19.0 Å². The number of rotatable bonds is 2. The van der Waals surface area contributed by atoms with Crippen molar-refractivity contribution in [2.24, 2.45) is 17.3 Å². The minimum Gasteiger partial charge on any atom is -0.342 e. The first kappa shape index (κ1) is 9.32. The van der Waals surface area contributed by atoms with Crippen molar-refractivity contribution in [3.63, 3.8) is 0 Å². The zero-order valence-electron chi connectivity index (χ0n) is 8.22. The van der Waals surface area contributed by atoms with E-state index in [2.05, 4.69) is 0 Å². The van der Waals surface area contributed by atoms with E-state index in [4.69, 9.17) is 11.6 Å². The molecule has 1 saturated heterocycles. The first-order valence-electron chi connectivity index (χ1n) is 4.90. The molecule has 0 bridgehead atoms. The van der Waals surface area contributed by atoms with Crippen LogP contribution in [-0.4, -0.2) is 29.8 Å². The van der Waals surface area contributed by atoms with Gasteiger partial charge >= 0.3 is 0 Å². The van der Waals surface area contributed by atoms with Crippen molar-refractivity contribution in [2.45, 2.75) is 20.3 Å². The molecule has 74 valence electrons. The number of piperidine rings is 1. The van der Waals surface area contributed by atoms with Crippen molar-refractivity contribution in [1.82, 2.24) is 4.90 Å². The van der Waals surface area contributed by atoms with E-state index >= 15 is 0 Å². The molecule has 1 heterocycles. The lowest BCUT2D eigenvalue weighted by Gasteiger charge is -2.28. The predicted octanol–water partition coefficient (Wildman–Crippen LogP) is 1.73. The van der Waals surface area contributed by atoms with Crippen molar-refractivity contribution >= 4 is 17.5 Å². The Balaban J connectivity index is 1.97. The normalized spacial score (nSPS) is 31.8. The number of hydrogen-bond donors (Lipinski definition) is 0. The third-order valence-electron chi connectivity index (χ3n) is 3.18. The summed E-state index contributed by atoms with van der Waals surface area (Å²) in [4.78, 5) is 13.9. The maximum Gasteiger partial charge on any atom is 0.229 e. The summed E-state index contributed by atoms with van der Waals surface area (Å²) in [5.74, 6) is 2.28. The van der Waals surface area contributed by atoms with E-state index in [0.717, 1.165) is 24.9 Å². The second kappa shape index (κ2) is 2.88. The van der Waals surface area contributed by atoms with Gasteiger partial charge in [-0.3, -0.25) is 4.79 Å². The summed E-state index contributed by atoms with van der Waals surface area (Å²) in [6.07, 6.45) is 1.34. The predicted molar refractivity (Wildman–Crippen MR) is 52.7 cm³/mol. The molecule has 0 aromatic carbocycles. The van der Waals surface area contributed by atoms with Gasteiger partial charge in [0.15, 0.2) is 0 Å². The number of nitrogens with zero attached hydrogens (tertiary/aromatic N) is 1. The first-order chi connectivity index (χ1) is 6.04. The third kappa shape index (κ3) is 1.56. The van der Waals surface area contributed by atoms with Gasteiger partial charge in [0.2, 0.25) is 5.91 Å². The van der Waals surface area contributed by atoms with Crippen molar-refractivity contribution in [1.29, 1.82) is 0 Å². The summed E-state index contributed by atoms with van der Waals surface area (Å²) in [5, 5.41) is 0. The van der Waals surface area contributed by atoms with Gasteiger partial charge in [-0.05, 0) is 32.1 Å². The van der Waals surface area contributed by atoms with Gasteiger partial charge in [-0.1, -0.05) is 0 Å². The molecule has 3 heteroatoms. The average Bonchev–Trinajstić information content (AvgIpc) is 2.72. The Hall–Kier alpha value is -0.240. The second-order valence-electron chi connectivity index (χ2n) is 4.98. The highest BCUT2D eigenvalue weighted by Crippen LogP contribution is 2.45. The fourth-order valence-electron chi connectivity index (χ4n) is 2.05. The molecular weight excluding hydrogens is 186 g/mol. The average molecular weight is 202 g/mol. The van der Waals surface area contributed by atoms with Crippen molar-refractivity contribution in [3.05, 3.63) is 0 Å². The molecule has 2 nitrogen and oxygen atoms in total. The Morgan fingerprint density at radius 3 is 2.46 bits per heavy atom. The van der Waals surface area contributed by atoms with Crippen LogP contribution in [0.25, 0.3) is 0 Å². The lowest BCUT2D eigenvalue weighted by Crippen LogP contribution is -2.41. The maximum absolute atomic E-state index is 11.9. The molecule has 13 heavy (non-hydrogen) atoms. The Morgan fingerprint density at radius 1 is 1.46 bits per heavy atom. The largest absolute Gasteiger partial charge is 0.342 e. The molecule has 0 spiro atoms. The summed E-state index contributed by atoms with van der Waals surface area (Å²) >= 11 is 5.77. The monoisotopic (exact) mass is 201 g/mol. The van der Waals surface area contributed by atoms with Crippen LogP contribution in [0.15, 0.2) is 0 Å². The Kier molecular flexibility index (Phi) is 2.06. The van der Waals surface area contributed by atoms with Gasteiger partial charge in [0.05, 0.1) is 5.41 Å². The molecule has 2 atom stereocenters. The SMILES string of the molecule is CC(C)(CCl)C(=O)N1CC2CC2C1. The van der Waals surface area contributed by atoms with Crippen LogP contribution < -0.4 is 0 Å². The molecular formula is C10H16ClNO. The molecule has 0 aromatic rings. The molecule has 2 fully saturated rings. The quantitative estimate of drug-likeness (QED) is 0.624. The Bertz CT molecular complexity index is 229. The molecule has 2 unspecified atom stereocenters.